The number of ether oxygens (including phenoxy) is 1. The topological polar surface area (TPSA) is 75.7 Å². The highest BCUT2D eigenvalue weighted by molar-refractivity contribution is 7.89. The molecule has 1 amide bonds. The summed E-state index contributed by atoms with van der Waals surface area (Å²) in [6, 6.07) is 1.31. The Morgan fingerprint density at radius 2 is 1.78 bits per heavy atom. The molecule has 0 aromatic heterocycles. The number of halogens is 6. The fourth-order valence-electron chi connectivity index (χ4n) is 4.33. The van der Waals surface area contributed by atoms with Crippen molar-refractivity contribution in [1.29, 1.82) is 0 Å². The Hall–Kier alpha value is -2.64. The number of nitrogens with zero attached hydrogens (tertiary/aromatic N) is 1. The summed E-state index contributed by atoms with van der Waals surface area (Å²) >= 11 is 0. The predicted molar refractivity (Wildman–Crippen MR) is 117 cm³/mol. The molecule has 2 aliphatic rings. The van der Waals surface area contributed by atoms with Gasteiger partial charge in [-0.2, -0.15) is 0 Å². The van der Waals surface area contributed by atoms with E-state index in [4.69, 9.17) is 4.74 Å². The highest BCUT2D eigenvalue weighted by atomic mass is 32.2. The predicted octanol–water partition coefficient (Wildman–Crippen LogP) is 3.40. The van der Waals surface area contributed by atoms with Crippen molar-refractivity contribution in [2.24, 2.45) is 0 Å². The maximum atomic E-state index is 15.5. The molecule has 0 radical (unpaired) electrons. The molecule has 2 heterocycles. The molecule has 1 N–H and O–H groups in total. The molecule has 2 saturated heterocycles. The zero-order chi connectivity index (χ0) is 26.4. The van der Waals surface area contributed by atoms with E-state index in [0.29, 0.717) is 18.6 Å². The van der Waals surface area contributed by atoms with Gasteiger partial charge in [0.25, 0.3) is 11.8 Å². The number of nitrogens with one attached hydrogen (secondary N) is 1. The molecule has 2 aromatic carbocycles. The van der Waals surface area contributed by atoms with Crippen LogP contribution in [0, 0.1) is 23.3 Å². The molecule has 2 fully saturated rings. The van der Waals surface area contributed by atoms with Crippen LogP contribution in [0.5, 0.6) is 0 Å². The average molecular weight is 536 g/mol. The molecule has 0 aliphatic carbocycles. The average Bonchev–Trinajstić information content (AvgIpc) is 3.01. The van der Waals surface area contributed by atoms with Gasteiger partial charge in [0.05, 0.1) is 24.9 Å². The van der Waals surface area contributed by atoms with E-state index in [1.54, 1.807) is 0 Å². The van der Waals surface area contributed by atoms with Crippen molar-refractivity contribution >= 4 is 15.9 Å². The standard InChI is InChI=1S/C23H22F6N2O4S/c1-2-36(33,34)30-21-17(31(11-23(21,28)29)22(32)18-6-7-35-18)10-12-4-3-5-14(19(12)26)13-8-15(24)20(27)16(25)9-13/h3-5,8-9,17-18,21,30H,2,6-7,10-11H2,1H3/t17-,18?,21+/m0/s1. The van der Waals surface area contributed by atoms with Gasteiger partial charge in [0, 0.05) is 12.0 Å². The van der Waals surface area contributed by atoms with Crippen LogP contribution in [0.2, 0.25) is 0 Å². The summed E-state index contributed by atoms with van der Waals surface area (Å²) in [6.45, 7) is 0.404. The van der Waals surface area contributed by atoms with E-state index >= 15 is 13.2 Å². The monoisotopic (exact) mass is 536 g/mol. The molecule has 36 heavy (non-hydrogen) atoms. The van der Waals surface area contributed by atoms with E-state index in [0.717, 1.165) is 11.0 Å². The van der Waals surface area contributed by atoms with E-state index in [9.17, 15) is 26.4 Å². The van der Waals surface area contributed by atoms with Crippen molar-refractivity contribution in [3.05, 3.63) is 59.2 Å². The van der Waals surface area contributed by atoms with Crippen LogP contribution in [0.15, 0.2) is 30.3 Å². The highest BCUT2D eigenvalue weighted by Crippen LogP contribution is 2.37. The van der Waals surface area contributed by atoms with Gasteiger partial charge in [-0.15, -0.1) is 0 Å². The highest BCUT2D eigenvalue weighted by Gasteiger charge is 2.58. The van der Waals surface area contributed by atoms with Crippen molar-refractivity contribution in [1.82, 2.24) is 9.62 Å². The molecule has 2 aromatic rings. The van der Waals surface area contributed by atoms with Crippen LogP contribution < -0.4 is 4.72 Å². The number of likely N-dealkylation sites (tertiary alicyclic amines) is 1. The normalized spacial score (nSPS) is 23.5. The molecule has 2 aliphatic heterocycles. The van der Waals surface area contributed by atoms with Crippen molar-refractivity contribution < 1.29 is 44.3 Å². The smallest absolute Gasteiger partial charge is 0.283 e. The van der Waals surface area contributed by atoms with Gasteiger partial charge in [-0.05, 0) is 36.6 Å². The van der Waals surface area contributed by atoms with Crippen LogP contribution in [-0.4, -0.2) is 62.2 Å². The van der Waals surface area contributed by atoms with Crippen molar-refractivity contribution in [2.45, 2.75) is 43.9 Å². The molecule has 1 unspecified atom stereocenters. The molecule has 6 nitrogen and oxygen atoms in total. The van der Waals surface area contributed by atoms with Crippen LogP contribution in [0.25, 0.3) is 11.1 Å². The van der Waals surface area contributed by atoms with Crippen LogP contribution >= 0.6 is 0 Å². The lowest BCUT2D eigenvalue weighted by Gasteiger charge is -2.34. The van der Waals surface area contributed by atoms with Crippen molar-refractivity contribution in [2.75, 3.05) is 18.9 Å². The van der Waals surface area contributed by atoms with E-state index in [2.05, 4.69) is 0 Å². The molecule has 0 spiro atoms. The number of carbonyl (C=O) groups is 1. The quantitative estimate of drug-likeness (QED) is 0.435. The Morgan fingerprint density at radius 3 is 2.33 bits per heavy atom. The summed E-state index contributed by atoms with van der Waals surface area (Å²) in [4.78, 5) is 13.6. The van der Waals surface area contributed by atoms with Gasteiger partial charge in [0.1, 0.15) is 18.0 Å². The molecular weight excluding hydrogens is 514 g/mol. The van der Waals surface area contributed by atoms with Gasteiger partial charge < -0.3 is 9.64 Å². The number of alkyl halides is 2. The SMILES string of the molecule is CCS(=O)(=O)N[C@@H]1[C@H](Cc2cccc(-c3cc(F)c(F)c(F)c3)c2F)N(C(=O)C2CCO2)CC1(F)F. The number of hydrogen-bond donors (Lipinski definition) is 1. The van der Waals surface area contributed by atoms with Crippen LogP contribution in [0.3, 0.4) is 0 Å². The zero-order valence-corrected chi connectivity index (χ0v) is 19.7. The molecule has 196 valence electrons. The summed E-state index contributed by atoms with van der Waals surface area (Å²) in [5, 5.41) is 0. The fraction of sp³-hybridized carbons (Fsp3) is 0.435. The Labute approximate surface area is 203 Å². The number of hydrogen-bond acceptors (Lipinski definition) is 4. The first kappa shape index (κ1) is 26.4. The van der Waals surface area contributed by atoms with Crippen molar-refractivity contribution in [3.63, 3.8) is 0 Å². The molecule has 3 atom stereocenters. The second kappa shape index (κ2) is 9.67. The first-order chi connectivity index (χ1) is 16.8. The van der Waals surface area contributed by atoms with Gasteiger partial charge in [-0.25, -0.2) is 39.5 Å². The van der Waals surface area contributed by atoms with Crippen LogP contribution in [0.4, 0.5) is 26.3 Å². The lowest BCUT2D eigenvalue weighted by atomic mass is 9.95. The number of sulfonamides is 1. The van der Waals surface area contributed by atoms with Gasteiger partial charge >= 0.3 is 0 Å². The molecule has 0 saturated carbocycles. The van der Waals surface area contributed by atoms with Gasteiger partial charge in [0.15, 0.2) is 17.5 Å². The zero-order valence-electron chi connectivity index (χ0n) is 18.9. The van der Waals surface area contributed by atoms with E-state index in [-0.39, 0.29) is 23.3 Å². The first-order valence-corrected chi connectivity index (χ1v) is 12.7. The number of amides is 1. The summed E-state index contributed by atoms with van der Waals surface area (Å²) in [5.41, 5.74) is -0.879. The number of carbonyl (C=O) groups excluding carboxylic acids is 1. The number of rotatable bonds is 7. The van der Waals surface area contributed by atoms with Crippen LogP contribution in [0.1, 0.15) is 18.9 Å². The van der Waals surface area contributed by atoms with E-state index < -0.39 is 82.0 Å². The summed E-state index contributed by atoms with van der Waals surface area (Å²) in [5.74, 6) is -10.8. The molecule has 13 heteroatoms. The van der Waals surface area contributed by atoms with Crippen LogP contribution in [-0.2, 0) is 26.0 Å². The maximum absolute atomic E-state index is 15.5. The summed E-state index contributed by atoms with van der Waals surface area (Å²) < 4.78 is 118. The van der Waals surface area contributed by atoms with Gasteiger partial charge in [-0.1, -0.05) is 18.2 Å². The largest absolute Gasteiger partial charge is 0.368 e. The van der Waals surface area contributed by atoms with Crippen molar-refractivity contribution in [3.8, 4) is 11.1 Å². The first-order valence-electron chi connectivity index (χ1n) is 11.1. The molecule has 4 rings (SSSR count). The fourth-order valence-corrected chi connectivity index (χ4v) is 5.21. The maximum Gasteiger partial charge on any atom is 0.283 e. The minimum Gasteiger partial charge on any atom is -0.368 e. The second-order valence-corrected chi connectivity index (χ2v) is 10.7. The van der Waals surface area contributed by atoms with E-state index in [1.807, 2.05) is 4.72 Å². The Kier molecular flexibility index (Phi) is 7.10. The number of benzene rings is 2. The Morgan fingerprint density at radius 1 is 1.14 bits per heavy atom. The third-order valence-electron chi connectivity index (χ3n) is 6.37. The Bertz CT molecular complexity index is 1260. The minimum atomic E-state index is -4.15. The molecular formula is C23H22F6N2O4S. The third kappa shape index (κ3) is 4.96. The van der Waals surface area contributed by atoms with E-state index in [1.165, 1.54) is 19.1 Å². The minimum absolute atomic E-state index is 0.214. The summed E-state index contributed by atoms with van der Waals surface area (Å²) in [6.07, 6.45) is -1.22. The Balaban J connectivity index is 1.74. The summed E-state index contributed by atoms with van der Waals surface area (Å²) in [7, 11) is -4.15. The van der Waals surface area contributed by atoms with Gasteiger partial charge in [0.2, 0.25) is 10.0 Å². The van der Waals surface area contributed by atoms with Gasteiger partial charge in [-0.3, -0.25) is 4.79 Å². The molecule has 0 bridgehead atoms. The lowest BCUT2D eigenvalue weighted by Crippen LogP contribution is -2.54. The third-order valence-corrected chi connectivity index (χ3v) is 7.74. The lowest BCUT2D eigenvalue weighted by molar-refractivity contribution is -0.158. The second-order valence-electron chi connectivity index (χ2n) is 8.68.